The molecule has 8 rings (SSSR count). The van der Waals surface area contributed by atoms with E-state index in [2.05, 4.69) is 60.7 Å². The Morgan fingerprint density at radius 2 is 0.688 bits per heavy atom. The van der Waals surface area contributed by atoms with E-state index in [0.717, 1.165) is 73.1 Å². The first-order valence-corrected chi connectivity index (χ1v) is 15.8. The molecule has 8 aromatic rings. The lowest BCUT2D eigenvalue weighted by molar-refractivity contribution is 1.17. The molecule has 0 fully saturated rings. The summed E-state index contributed by atoms with van der Waals surface area (Å²) in [5.74, 6) is 0.670. The fourth-order valence-corrected chi connectivity index (χ4v) is 5.70. The summed E-state index contributed by atoms with van der Waals surface area (Å²) in [5.41, 5.74) is 12.0. The van der Waals surface area contributed by atoms with E-state index in [0.29, 0.717) is 5.82 Å². The van der Waals surface area contributed by atoms with Crippen LogP contribution in [0, 0.1) is 0 Å². The summed E-state index contributed by atoms with van der Waals surface area (Å²) >= 11 is 0. The Morgan fingerprint density at radius 1 is 0.250 bits per heavy atom. The highest BCUT2D eigenvalue weighted by Gasteiger charge is 2.14. The van der Waals surface area contributed by atoms with Crippen LogP contribution in [0.4, 0.5) is 0 Å². The summed E-state index contributed by atoms with van der Waals surface area (Å²) in [5, 5.41) is 0. The van der Waals surface area contributed by atoms with Gasteiger partial charge in [-0.2, -0.15) is 0 Å². The monoisotopic (exact) mass is 615 g/mol. The maximum Gasteiger partial charge on any atom is 0.160 e. The number of pyridine rings is 3. The number of rotatable bonds is 7. The molecule has 5 heteroatoms. The fraction of sp³-hybridized carbons (Fsp3) is 0. The van der Waals surface area contributed by atoms with Gasteiger partial charge in [0.15, 0.2) is 5.82 Å². The van der Waals surface area contributed by atoms with Crippen molar-refractivity contribution < 1.29 is 0 Å². The molecule has 0 atom stereocenters. The Hall–Kier alpha value is -6.59. The molecule has 0 radical (unpaired) electrons. The first-order valence-electron chi connectivity index (χ1n) is 15.8. The van der Waals surface area contributed by atoms with Crippen molar-refractivity contribution in [3.8, 4) is 78.9 Å². The zero-order chi connectivity index (χ0) is 32.1. The molecule has 4 aromatic heterocycles. The lowest BCUT2D eigenvalue weighted by Crippen LogP contribution is -1.97. The van der Waals surface area contributed by atoms with Gasteiger partial charge in [-0.05, 0) is 53.1 Å². The van der Waals surface area contributed by atoms with Crippen LogP contribution in [-0.4, -0.2) is 24.9 Å². The highest BCUT2D eigenvalue weighted by molar-refractivity contribution is 5.77. The number of benzene rings is 4. The highest BCUT2D eigenvalue weighted by Crippen LogP contribution is 2.32. The Labute approximate surface area is 279 Å². The van der Waals surface area contributed by atoms with Crippen molar-refractivity contribution in [2.45, 2.75) is 0 Å². The molecule has 0 aliphatic carbocycles. The fourth-order valence-electron chi connectivity index (χ4n) is 5.70. The van der Waals surface area contributed by atoms with Crippen LogP contribution in [0.1, 0.15) is 0 Å². The number of aromatic nitrogens is 5. The van der Waals surface area contributed by atoms with Gasteiger partial charge in [0.1, 0.15) is 0 Å². The van der Waals surface area contributed by atoms with Crippen LogP contribution in [0.15, 0.2) is 176 Å². The molecule has 0 saturated heterocycles. The second-order valence-corrected chi connectivity index (χ2v) is 11.4. The molecule has 48 heavy (non-hydrogen) atoms. The third kappa shape index (κ3) is 6.13. The van der Waals surface area contributed by atoms with Crippen LogP contribution in [-0.2, 0) is 0 Å². The summed E-state index contributed by atoms with van der Waals surface area (Å²) in [6.45, 7) is 0. The van der Waals surface area contributed by atoms with Crippen LogP contribution < -0.4 is 0 Å². The average molecular weight is 616 g/mol. The molecule has 0 bridgehead atoms. The van der Waals surface area contributed by atoms with E-state index in [-0.39, 0.29) is 0 Å². The average Bonchev–Trinajstić information content (AvgIpc) is 3.19. The van der Waals surface area contributed by atoms with Crippen molar-refractivity contribution in [3.63, 3.8) is 0 Å². The zero-order valence-corrected chi connectivity index (χ0v) is 26.0. The summed E-state index contributed by atoms with van der Waals surface area (Å²) in [6, 6.07) is 55.2. The Bertz CT molecular complexity index is 2230. The highest BCUT2D eigenvalue weighted by atomic mass is 14.9. The molecule has 0 N–H and O–H groups in total. The molecule has 0 spiro atoms. The molecule has 0 unspecified atom stereocenters. The van der Waals surface area contributed by atoms with Gasteiger partial charge in [0.2, 0.25) is 0 Å². The second-order valence-electron chi connectivity index (χ2n) is 11.4. The van der Waals surface area contributed by atoms with Crippen LogP contribution in [0.25, 0.3) is 78.9 Å². The zero-order valence-electron chi connectivity index (χ0n) is 26.0. The molecule has 4 aromatic carbocycles. The molecule has 5 nitrogen and oxygen atoms in total. The molecule has 0 aliphatic heterocycles. The van der Waals surface area contributed by atoms with E-state index >= 15 is 0 Å². The van der Waals surface area contributed by atoms with E-state index in [1.807, 2.05) is 116 Å². The smallest absolute Gasteiger partial charge is 0.160 e. The van der Waals surface area contributed by atoms with Gasteiger partial charge in [0.05, 0.1) is 34.2 Å². The summed E-state index contributed by atoms with van der Waals surface area (Å²) in [4.78, 5) is 24.7. The largest absolute Gasteiger partial charge is 0.254 e. The summed E-state index contributed by atoms with van der Waals surface area (Å²) in [7, 11) is 0. The molecule has 0 aliphatic rings. The van der Waals surface area contributed by atoms with Gasteiger partial charge in [-0.1, -0.05) is 127 Å². The van der Waals surface area contributed by atoms with Crippen molar-refractivity contribution in [2.24, 2.45) is 0 Å². The van der Waals surface area contributed by atoms with Crippen LogP contribution in [0.2, 0.25) is 0 Å². The topological polar surface area (TPSA) is 64.5 Å². The first kappa shape index (κ1) is 28.9. The lowest BCUT2D eigenvalue weighted by atomic mass is 10.0. The molecular formula is C43H29N5. The first-order chi connectivity index (χ1) is 23.8. The van der Waals surface area contributed by atoms with Crippen molar-refractivity contribution in [1.82, 2.24) is 24.9 Å². The molecule has 4 heterocycles. The SMILES string of the molecule is c1ccc(-c2ccc(-c3cc(-c4ccccc4)cc(-c4ccc(-c5cc(-c6ccccc6)nc(-c6ccccc6)n5)cn4)n3)nc2)cc1. The standard InChI is InChI=1S/C43H29N5/c1-5-13-30(14-6-1)34-21-23-37(44-28-34)41-25-36(31-15-7-2-8-16-31)26-42(46-41)38-24-22-35(29-45-38)40-27-39(32-17-9-3-10-18-32)47-43(48-40)33-19-11-4-12-20-33/h1-29H. The van der Waals surface area contributed by atoms with Gasteiger partial charge in [-0.25, -0.2) is 15.0 Å². The van der Waals surface area contributed by atoms with Crippen LogP contribution in [0.5, 0.6) is 0 Å². The Balaban J connectivity index is 1.18. The minimum Gasteiger partial charge on any atom is -0.254 e. The minimum absolute atomic E-state index is 0.670. The Kier molecular flexibility index (Phi) is 7.83. The summed E-state index contributed by atoms with van der Waals surface area (Å²) in [6.07, 6.45) is 3.77. The van der Waals surface area contributed by atoms with Crippen molar-refractivity contribution in [1.29, 1.82) is 0 Å². The van der Waals surface area contributed by atoms with Gasteiger partial charge in [-0.3, -0.25) is 9.97 Å². The van der Waals surface area contributed by atoms with Crippen LogP contribution in [0.3, 0.4) is 0 Å². The predicted octanol–water partition coefficient (Wildman–Crippen LogP) is 10.3. The Morgan fingerprint density at radius 3 is 1.19 bits per heavy atom. The van der Waals surface area contributed by atoms with E-state index < -0.39 is 0 Å². The maximum absolute atomic E-state index is 5.06. The van der Waals surface area contributed by atoms with Crippen LogP contribution >= 0.6 is 0 Å². The maximum atomic E-state index is 5.06. The van der Waals surface area contributed by atoms with Crippen molar-refractivity contribution in [3.05, 3.63) is 176 Å². The van der Waals surface area contributed by atoms with Crippen molar-refractivity contribution in [2.75, 3.05) is 0 Å². The predicted molar refractivity (Wildman–Crippen MR) is 193 cm³/mol. The molecular weight excluding hydrogens is 587 g/mol. The van der Waals surface area contributed by atoms with Crippen molar-refractivity contribution >= 4 is 0 Å². The van der Waals surface area contributed by atoms with Gasteiger partial charge < -0.3 is 0 Å². The van der Waals surface area contributed by atoms with E-state index in [1.54, 1.807) is 0 Å². The normalized spacial score (nSPS) is 10.9. The third-order valence-electron chi connectivity index (χ3n) is 8.21. The molecule has 226 valence electrons. The second kappa shape index (κ2) is 13.0. The number of nitrogens with zero attached hydrogens (tertiary/aromatic N) is 5. The molecule has 0 amide bonds. The van der Waals surface area contributed by atoms with E-state index in [1.165, 1.54) is 0 Å². The number of hydrogen-bond donors (Lipinski definition) is 0. The lowest BCUT2D eigenvalue weighted by Gasteiger charge is -2.11. The van der Waals surface area contributed by atoms with Gasteiger partial charge in [0.25, 0.3) is 0 Å². The van der Waals surface area contributed by atoms with Gasteiger partial charge in [0, 0.05) is 34.6 Å². The third-order valence-corrected chi connectivity index (χ3v) is 8.21. The van der Waals surface area contributed by atoms with Gasteiger partial charge in [-0.15, -0.1) is 0 Å². The minimum atomic E-state index is 0.670. The number of hydrogen-bond acceptors (Lipinski definition) is 5. The quantitative estimate of drug-likeness (QED) is 0.178. The van der Waals surface area contributed by atoms with Gasteiger partial charge >= 0.3 is 0 Å². The summed E-state index contributed by atoms with van der Waals surface area (Å²) < 4.78 is 0. The van der Waals surface area contributed by atoms with E-state index in [9.17, 15) is 0 Å². The molecule has 0 saturated carbocycles. The van der Waals surface area contributed by atoms with E-state index in [4.69, 9.17) is 24.9 Å².